The molecule has 32 heavy (non-hydrogen) atoms. The Labute approximate surface area is 194 Å². The lowest BCUT2D eigenvalue weighted by Gasteiger charge is -2.44. The molecule has 0 aliphatic heterocycles. The molecule has 0 heterocycles. The number of carboxylic acids is 1. The van der Waals surface area contributed by atoms with Gasteiger partial charge in [0.25, 0.3) is 0 Å². The summed E-state index contributed by atoms with van der Waals surface area (Å²) >= 11 is 0. The molecule has 2 nitrogen and oxygen atoms in total. The summed E-state index contributed by atoms with van der Waals surface area (Å²) in [6.07, 6.45) is 8.45. The van der Waals surface area contributed by atoms with E-state index in [1.807, 2.05) is 0 Å². The Morgan fingerprint density at radius 2 is 1.62 bits per heavy atom. The summed E-state index contributed by atoms with van der Waals surface area (Å²) in [6.45, 7) is 14.0. The lowest BCUT2D eigenvalue weighted by molar-refractivity contribution is 0.0697. The lowest BCUT2D eigenvalue weighted by Crippen LogP contribution is -2.35. The summed E-state index contributed by atoms with van der Waals surface area (Å²) in [4.78, 5) is 11.1. The van der Waals surface area contributed by atoms with Gasteiger partial charge in [-0.3, -0.25) is 0 Å². The maximum absolute atomic E-state index is 11.1. The highest BCUT2D eigenvalue weighted by atomic mass is 16.4. The van der Waals surface area contributed by atoms with E-state index in [0.717, 1.165) is 12.0 Å². The van der Waals surface area contributed by atoms with Crippen LogP contribution < -0.4 is 0 Å². The fourth-order valence-electron chi connectivity index (χ4n) is 5.06. The number of carbonyl (C=O) groups is 1. The van der Waals surface area contributed by atoms with Gasteiger partial charge in [0.1, 0.15) is 0 Å². The minimum atomic E-state index is -0.908. The highest BCUT2D eigenvalue weighted by Crippen LogP contribution is 2.48. The smallest absolute Gasteiger partial charge is 0.335 e. The van der Waals surface area contributed by atoms with Gasteiger partial charge in [0, 0.05) is 11.1 Å². The van der Waals surface area contributed by atoms with Crippen LogP contribution in [-0.2, 0) is 17.3 Å². The second-order valence-corrected chi connectivity index (χ2v) is 10.7. The highest BCUT2D eigenvalue weighted by molar-refractivity contribution is 5.87. The van der Waals surface area contributed by atoms with Crippen molar-refractivity contribution in [1.82, 2.24) is 0 Å². The maximum Gasteiger partial charge on any atom is 0.335 e. The Morgan fingerprint density at radius 3 is 2.25 bits per heavy atom. The minimum absolute atomic E-state index is 0.151. The summed E-state index contributed by atoms with van der Waals surface area (Å²) in [7, 11) is 0. The fourth-order valence-corrected chi connectivity index (χ4v) is 5.06. The average molecular weight is 431 g/mol. The lowest BCUT2D eigenvalue weighted by atomic mass is 9.60. The third-order valence-corrected chi connectivity index (χ3v) is 7.15. The first-order valence-corrected chi connectivity index (χ1v) is 12.1. The van der Waals surface area contributed by atoms with E-state index in [1.165, 1.54) is 66.3 Å². The van der Waals surface area contributed by atoms with Gasteiger partial charge >= 0.3 is 5.97 Å². The molecule has 0 atom stereocenters. The second-order valence-electron chi connectivity index (χ2n) is 10.7. The van der Waals surface area contributed by atoms with Gasteiger partial charge in [-0.05, 0) is 90.0 Å². The molecule has 0 saturated carbocycles. The Hall–Kier alpha value is -2.53. The number of carboxylic acid groups (broad SMARTS) is 1. The van der Waals surface area contributed by atoms with E-state index in [2.05, 4.69) is 59.4 Å². The number of aromatic carboxylic acids is 1. The van der Waals surface area contributed by atoms with Crippen molar-refractivity contribution in [3.63, 3.8) is 0 Å². The normalized spacial score (nSPS) is 16.1. The second kappa shape index (κ2) is 9.53. The standard InChI is InChI=1S/C30H38O2/c1-7-8-9-10-11-25-24(17-14-22-12-15-23(16-13-22)28(31)32)21(2)20-26-27(25)30(5,6)19-18-29(26,3)4/h12-13,15-16,20H,7-11,18-19H2,1-6H3,(H,31,32). The van der Waals surface area contributed by atoms with Crippen LogP contribution in [0.5, 0.6) is 0 Å². The molecule has 0 aromatic heterocycles. The van der Waals surface area contributed by atoms with Crippen LogP contribution >= 0.6 is 0 Å². The van der Waals surface area contributed by atoms with E-state index < -0.39 is 5.97 Å². The molecule has 0 spiro atoms. The minimum Gasteiger partial charge on any atom is -0.478 e. The van der Waals surface area contributed by atoms with E-state index in [4.69, 9.17) is 5.11 Å². The molecule has 0 radical (unpaired) electrons. The van der Waals surface area contributed by atoms with Crippen LogP contribution in [0.4, 0.5) is 0 Å². The van der Waals surface area contributed by atoms with E-state index in [0.29, 0.717) is 5.56 Å². The molecule has 0 unspecified atom stereocenters. The summed E-state index contributed by atoms with van der Waals surface area (Å²) in [5.74, 6) is 5.92. The summed E-state index contributed by atoms with van der Waals surface area (Å²) in [6, 6.07) is 9.26. The van der Waals surface area contributed by atoms with E-state index in [-0.39, 0.29) is 10.8 Å². The third kappa shape index (κ3) is 5.09. The first kappa shape index (κ1) is 24.1. The molecular formula is C30H38O2. The van der Waals surface area contributed by atoms with Gasteiger partial charge < -0.3 is 5.11 Å². The zero-order chi connectivity index (χ0) is 23.5. The first-order valence-electron chi connectivity index (χ1n) is 12.1. The molecule has 0 amide bonds. The molecule has 3 rings (SSSR count). The number of benzene rings is 2. The van der Waals surface area contributed by atoms with Gasteiger partial charge in [-0.1, -0.05) is 71.8 Å². The fraction of sp³-hybridized carbons (Fsp3) is 0.500. The first-order chi connectivity index (χ1) is 15.1. The molecule has 1 aliphatic rings. The van der Waals surface area contributed by atoms with Crippen molar-refractivity contribution < 1.29 is 9.90 Å². The Morgan fingerprint density at radius 1 is 0.969 bits per heavy atom. The van der Waals surface area contributed by atoms with Crippen LogP contribution in [0.15, 0.2) is 30.3 Å². The molecule has 170 valence electrons. The van der Waals surface area contributed by atoms with Crippen molar-refractivity contribution in [2.45, 2.75) is 97.3 Å². The number of fused-ring (bicyclic) bond motifs is 1. The Balaban J connectivity index is 2.12. The Bertz CT molecular complexity index is 1040. The quantitative estimate of drug-likeness (QED) is 0.379. The van der Waals surface area contributed by atoms with Crippen LogP contribution in [0.25, 0.3) is 0 Å². The van der Waals surface area contributed by atoms with Gasteiger partial charge in [0.05, 0.1) is 5.56 Å². The van der Waals surface area contributed by atoms with E-state index in [1.54, 1.807) is 24.3 Å². The molecule has 2 aromatic carbocycles. The van der Waals surface area contributed by atoms with Crippen LogP contribution in [0, 0.1) is 18.8 Å². The molecular weight excluding hydrogens is 392 g/mol. The maximum atomic E-state index is 11.1. The van der Waals surface area contributed by atoms with Crippen molar-refractivity contribution in [1.29, 1.82) is 0 Å². The van der Waals surface area contributed by atoms with Crippen molar-refractivity contribution in [2.75, 3.05) is 0 Å². The van der Waals surface area contributed by atoms with Crippen molar-refractivity contribution in [3.05, 3.63) is 69.3 Å². The average Bonchev–Trinajstić information content (AvgIpc) is 2.73. The third-order valence-electron chi connectivity index (χ3n) is 7.15. The molecule has 2 heteroatoms. The van der Waals surface area contributed by atoms with Crippen LogP contribution in [0.1, 0.15) is 117 Å². The Kier molecular flexibility index (Phi) is 7.19. The van der Waals surface area contributed by atoms with E-state index in [9.17, 15) is 4.79 Å². The van der Waals surface area contributed by atoms with Gasteiger partial charge in [0.15, 0.2) is 0 Å². The number of unbranched alkanes of at least 4 members (excludes halogenated alkanes) is 3. The molecule has 1 N–H and O–H groups in total. The number of hydrogen-bond donors (Lipinski definition) is 1. The molecule has 1 aliphatic carbocycles. The largest absolute Gasteiger partial charge is 0.478 e. The van der Waals surface area contributed by atoms with E-state index >= 15 is 0 Å². The molecule has 0 bridgehead atoms. The van der Waals surface area contributed by atoms with Crippen LogP contribution in [0.3, 0.4) is 0 Å². The van der Waals surface area contributed by atoms with Crippen molar-refractivity contribution >= 4 is 5.97 Å². The summed E-state index contributed by atoms with van der Waals surface area (Å²) in [5, 5.41) is 9.14. The van der Waals surface area contributed by atoms with Gasteiger partial charge in [-0.2, -0.15) is 0 Å². The van der Waals surface area contributed by atoms with Crippen LogP contribution in [0.2, 0.25) is 0 Å². The highest BCUT2D eigenvalue weighted by Gasteiger charge is 2.39. The van der Waals surface area contributed by atoms with Crippen molar-refractivity contribution in [2.24, 2.45) is 0 Å². The SMILES string of the molecule is CCCCCCc1c(C#Cc2ccc(C(=O)O)cc2)c(C)cc2c1C(C)(C)CCC2(C)C. The number of hydrogen-bond acceptors (Lipinski definition) is 1. The topological polar surface area (TPSA) is 37.3 Å². The van der Waals surface area contributed by atoms with Crippen LogP contribution in [-0.4, -0.2) is 11.1 Å². The van der Waals surface area contributed by atoms with Gasteiger partial charge in [-0.25, -0.2) is 4.79 Å². The monoisotopic (exact) mass is 430 g/mol. The summed E-state index contributed by atoms with van der Waals surface area (Å²) in [5.41, 5.74) is 8.40. The van der Waals surface area contributed by atoms with Crippen molar-refractivity contribution in [3.8, 4) is 11.8 Å². The predicted molar refractivity (Wildman–Crippen MR) is 134 cm³/mol. The molecule has 0 fully saturated rings. The zero-order valence-electron chi connectivity index (χ0n) is 20.7. The predicted octanol–water partition coefficient (Wildman–Crippen LogP) is 7.56. The molecule has 0 saturated heterocycles. The zero-order valence-corrected chi connectivity index (χ0v) is 20.7. The number of rotatable bonds is 6. The summed E-state index contributed by atoms with van der Waals surface area (Å²) < 4.78 is 0. The molecule has 2 aromatic rings. The van der Waals surface area contributed by atoms with Gasteiger partial charge in [0.2, 0.25) is 0 Å². The van der Waals surface area contributed by atoms with Gasteiger partial charge in [-0.15, -0.1) is 0 Å². The number of aryl methyl sites for hydroxylation is 1.